The standard InChI is InChI=1S/C15H23F2NO5S2/c1-13-4-6-14(7-5-13)25(21,22)11-3-9-18-12-15(16,17)8-10-23-24(2,19)20/h4-7,18H,3,8-12H2,1-2H3. The lowest BCUT2D eigenvalue weighted by Gasteiger charge is -2.16. The molecule has 0 aliphatic heterocycles. The molecule has 25 heavy (non-hydrogen) atoms. The monoisotopic (exact) mass is 399 g/mol. The van der Waals surface area contributed by atoms with Gasteiger partial charge in [-0.2, -0.15) is 8.42 Å². The van der Waals surface area contributed by atoms with Gasteiger partial charge in [-0.25, -0.2) is 17.2 Å². The molecule has 6 nitrogen and oxygen atoms in total. The molecule has 0 radical (unpaired) electrons. The summed E-state index contributed by atoms with van der Waals surface area (Å²) in [7, 11) is -7.18. The second-order valence-electron chi connectivity index (χ2n) is 5.79. The second-order valence-corrected chi connectivity index (χ2v) is 9.55. The Balaban J connectivity index is 2.31. The van der Waals surface area contributed by atoms with E-state index in [0.29, 0.717) is 0 Å². The van der Waals surface area contributed by atoms with E-state index in [-0.39, 0.29) is 23.6 Å². The minimum Gasteiger partial charge on any atom is -0.311 e. The first-order chi connectivity index (χ1) is 11.4. The average molecular weight is 399 g/mol. The highest BCUT2D eigenvalue weighted by Crippen LogP contribution is 2.17. The largest absolute Gasteiger partial charge is 0.311 e. The Morgan fingerprint density at radius 3 is 2.28 bits per heavy atom. The van der Waals surface area contributed by atoms with Gasteiger partial charge in [-0.05, 0) is 32.0 Å². The van der Waals surface area contributed by atoms with Crippen molar-refractivity contribution >= 4 is 20.0 Å². The average Bonchev–Trinajstić information content (AvgIpc) is 2.45. The van der Waals surface area contributed by atoms with E-state index in [1.54, 1.807) is 12.1 Å². The fraction of sp³-hybridized carbons (Fsp3) is 0.600. The number of aryl methyl sites for hydroxylation is 1. The van der Waals surface area contributed by atoms with E-state index in [1.165, 1.54) is 12.1 Å². The lowest BCUT2D eigenvalue weighted by Crippen LogP contribution is -2.35. The predicted octanol–water partition coefficient (Wildman–Crippen LogP) is 1.75. The van der Waals surface area contributed by atoms with E-state index in [4.69, 9.17) is 0 Å². The minimum atomic E-state index is -3.74. The first-order valence-corrected chi connectivity index (χ1v) is 11.1. The molecule has 0 bridgehead atoms. The summed E-state index contributed by atoms with van der Waals surface area (Å²) in [6, 6.07) is 6.44. The fourth-order valence-electron chi connectivity index (χ4n) is 1.95. The van der Waals surface area contributed by atoms with E-state index < -0.39 is 45.5 Å². The van der Waals surface area contributed by atoms with Crippen molar-refractivity contribution in [3.05, 3.63) is 29.8 Å². The van der Waals surface area contributed by atoms with Crippen LogP contribution in [0.25, 0.3) is 0 Å². The zero-order valence-corrected chi connectivity index (χ0v) is 15.8. The maximum atomic E-state index is 13.5. The van der Waals surface area contributed by atoms with Crippen LogP contribution in [0.4, 0.5) is 8.78 Å². The van der Waals surface area contributed by atoms with Gasteiger partial charge < -0.3 is 5.32 Å². The van der Waals surface area contributed by atoms with Gasteiger partial charge in [-0.1, -0.05) is 17.7 Å². The Morgan fingerprint density at radius 2 is 1.72 bits per heavy atom. The molecule has 0 saturated heterocycles. The Morgan fingerprint density at radius 1 is 1.12 bits per heavy atom. The highest BCUT2D eigenvalue weighted by atomic mass is 32.2. The Hall–Kier alpha value is -1.10. The third-order valence-electron chi connectivity index (χ3n) is 3.30. The number of benzene rings is 1. The van der Waals surface area contributed by atoms with Crippen molar-refractivity contribution in [2.45, 2.75) is 30.6 Å². The number of halogens is 2. The fourth-order valence-corrected chi connectivity index (χ4v) is 3.65. The highest BCUT2D eigenvalue weighted by molar-refractivity contribution is 7.91. The summed E-state index contributed by atoms with van der Waals surface area (Å²) in [4.78, 5) is 0.210. The number of alkyl halides is 2. The van der Waals surface area contributed by atoms with Crippen molar-refractivity contribution in [2.75, 3.05) is 31.7 Å². The maximum absolute atomic E-state index is 13.5. The van der Waals surface area contributed by atoms with Crippen LogP contribution in [0.3, 0.4) is 0 Å². The van der Waals surface area contributed by atoms with Crippen molar-refractivity contribution in [1.82, 2.24) is 5.32 Å². The number of nitrogens with one attached hydrogen (secondary N) is 1. The van der Waals surface area contributed by atoms with Gasteiger partial charge >= 0.3 is 0 Å². The van der Waals surface area contributed by atoms with Crippen LogP contribution in [-0.2, 0) is 24.1 Å². The Labute approximate surface area is 147 Å². The molecule has 1 N–H and O–H groups in total. The van der Waals surface area contributed by atoms with Crippen molar-refractivity contribution in [2.24, 2.45) is 0 Å². The summed E-state index contributed by atoms with van der Waals surface area (Å²) in [5.41, 5.74) is 0.947. The molecule has 1 aromatic carbocycles. The first-order valence-electron chi connectivity index (χ1n) is 7.64. The molecule has 0 aliphatic rings. The Kier molecular flexibility index (Phi) is 7.91. The molecule has 0 amide bonds. The summed E-state index contributed by atoms with van der Waals surface area (Å²) in [5.74, 6) is -3.29. The van der Waals surface area contributed by atoms with Crippen molar-refractivity contribution < 1.29 is 29.8 Å². The zero-order valence-electron chi connectivity index (χ0n) is 14.2. The lowest BCUT2D eigenvalue weighted by atomic mass is 10.2. The van der Waals surface area contributed by atoms with Crippen molar-refractivity contribution in [3.8, 4) is 0 Å². The molecule has 0 saturated carbocycles. The van der Waals surface area contributed by atoms with Gasteiger partial charge in [0, 0.05) is 6.42 Å². The third kappa shape index (κ3) is 9.24. The van der Waals surface area contributed by atoms with Crippen LogP contribution in [-0.4, -0.2) is 54.5 Å². The molecule has 144 valence electrons. The lowest BCUT2D eigenvalue weighted by molar-refractivity contribution is -0.0160. The third-order valence-corrected chi connectivity index (χ3v) is 5.71. The van der Waals surface area contributed by atoms with Crippen LogP contribution in [0.1, 0.15) is 18.4 Å². The molecule has 1 aromatic rings. The summed E-state index contributed by atoms with van der Waals surface area (Å²) >= 11 is 0. The van der Waals surface area contributed by atoms with E-state index in [2.05, 4.69) is 9.50 Å². The van der Waals surface area contributed by atoms with Gasteiger partial charge in [-0.3, -0.25) is 4.18 Å². The van der Waals surface area contributed by atoms with Gasteiger partial charge in [0.05, 0.1) is 30.1 Å². The van der Waals surface area contributed by atoms with Crippen molar-refractivity contribution in [3.63, 3.8) is 0 Å². The first kappa shape index (κ1) is 21.9. The van der Waals surface area contributed by atoms with Crippen molar-refractivity contribution in [1.29, 1.82) is 0 Å². The quantitative estimate of drug-likeness (QED) is 0.450. The molecule has 0 fully saturated rings. The molecular weight excluding hydrogens is 376 g/mol. The van der Waals surface area contributed by atoms with Crippen LogP contribution in [0.15, 0.2) is 29.2 Å². The van der Waals surface area contributed by atoms with Gasteiger partial charge in [-0.15, -0.1) is 0 Å². The summed E-state index contributed by atoms with van der Waals surface area (Å²) in [6.45, 7) is 0.676. The van der Waals surface area contributed by atoms with Crippen LogP contribution in [0.5, 0.6) is 0 Å². The molecule has 0 heterocycles. The van der Waals surface area contributed by atoms with Gasteiger partial charge in [0.15, 0.2) is 9.84 Å². The van der Waals surface area contributed by atoms with Crippen LogP contribution in [0.2, 0.25) is 0 Å². The summed E-state index contributed by atoms with van der Waals surface area (Å²) in [5, 5.41) is 2.49. The van der Waals surface area contributed by atoms with Gasteiger partial charge in [0.1, 0.15) is 0 Å². The molecule has 1 rings (SSSR count). The maximum Gasteiger partial charge on any atom is 0.264 e. The second kappa shape index (κ2) is 9.02. The number of hydrogen-bond acceptors (Lipinski definition) is 6. The normalized spacial score (nSPS) is 13.1. The highest BCUT2D eigenvalue weighted by Gasteiger charge is 2.28. The van der Waals surface area contributed by atoms with E-state index in [1.807, 2.05) is 6.92 Å². The molecular formula is C15H23F2NO5S2. The molecule has 0 aliphatic carbocycles. The smallest absolute Gasteiger partial charge is 0.264 e. The number of rotatable bonds is 11. The molecule has 10 heteroatoms. The predicted molar refractivity (Wildman–Crippen MR) is 91.1 cm³/mol. The number of sulfone groups is 1. The van der Waals surface area contributed by atoms with Crippen LogP contribution in [0, 0.1) is 6.92 Å². The summed E-state index contributed by atoms with van der Waals surface area (Å²) < 4.78 is 76.9. The van der Waals surface area contributed by atoms with E-state index >= 15 is 0 Å². The molecule has 0 spiro atoms. The molecule has 0 atom stereocenters. The van der Waals surface area contributed by atoms with Gasteiger partial charge in [0.25, 0.3) is 16.0 Å². The van der Waals surface area contributed by atoms with E-state index in [9.17, 15) is 25.6 Å². The van der Waals surface area contributed by atoms with E-state index in [0.717, 1.165) is 11.8 Å². The molecule has 0 unspecified atom stereocenters. The zero-order chi connectivity index (χ0) is 19.1. The van der Waals surface area contributed by atoms with Gasteiger partial charge in [0.2, 0.25) is 0 Å². The molecule has 0 aromatic heterocycles. The Bertz CT molecular complexity index is 747. The topological polar surface area (TPSA) is 89.5 Å². The van der Waals surface area contributed by atoms with Crippen LogP contribution < -0.4 is 5.32 Å². The van der Waals surface area contributed by atoms with Crippen LogP contribution >= 0.6 is 0 Å². The number of hydrogen-bond donors (Lipinski definition) is 1. The summed E-state index contributed by atoms with van der Waals surface area (Å²) in [6.07, 6.45) is 0.235. The minimum absolute atomic E-state index is 0.105. The SMILES string of the molecule is Cc1ccc(S(=O)(=O)CCCNCC(F)(F)CCOS(C)(=O)=O)cc1.